The van der Waals surface area contributed by atoms with Crippen LogP contribution in [0.15, 0.2) is 12.1 Å². The average Bonchev–Trinajstić information content (AvgIpc) is 2.45. The number of aliphatic carboxylic acids is 1. The van der Waals surface area contributed by atoms with Crippen molar-refractivity contribution in [3.8, 4) is 11.5 Å². The normalized spacial score (nSPS) is 11.7. The first-order valence-electron chi connectivity index (χ1n) is 6.02. The van der Waals surface area contributed by atoms with Crippen LogP contribution < -0.4 is 14.8 Å². The van der Waals surface area contributed by atoms with E-state index < -0.39 is 46.5 Å². The van der Waals surface area contributed by atoms with Gasteiger partial charge in [-0.05, 0) is 6.92 Å². The van der Waals surface area contributed by atoms with Crippen LogP contribution in [0.25, 0.3) is 0 Å². The highest BCUT2D eigenvalue weighted by Crippen LogP contribution is 2.35. The highest BCUT2D eigenvalue weighted by molar-refractivity contribution is 6.00. The third-order valence-corrected chi connectivity index (χ3v) is 2.66. The molecule has 0 aromatic heterocycles. The molecule has 9 nitrogen and oxygen atoms in total. The van der Waals surface area contributed by atoms with Gasteiger partial charge in [-0.25, -0.2) is 0 Å². The summed E-state index contributed by atoms with van der Waals surface area (Å²) >= 11 is 0. The molecule has 0 heterocycles. The molecule has 2 N–H and O–H groups in total. The SMILES string of the molecule is COc1cc(C(=O)NC(C)C(=O)O)c([N+](=O)[O-])cc1OC(F)F. The van der Waals surface area contributed by atoms with E-state index in [1.54, 1.807) is 0 Å². The topological polar surface area (TPSA) is 128 Å². The van der Waals surface area contributed by atoms with Crippen LogP contribution >= 0.6 is 0 Å². The number of rotatable bonds is 7. The van der Waals surface area contributed by atoms with Gasteiger partial charge in [0.1, 0.15) is 11.6 Å². The van der Waals surface area contributed by atoms with E-state index in [1.165, 1.54) is 0 Å². The van der Waals surface area contributed by atoms with Crippen LogP contribution in [-0.4, -0.2) is 41.7 Å². The fourth-order valence-electron chi connectivity index (χ4n) is 1.57. The Morgan fingerprint density at radius 1 is 1.35 bits per heavy atom. The van der Waals surface area contributed by atoms with Crippen molar-refractivity contribution in [2.45, 2.75) is 19.6 Å². The number of alkyl halides is 2. The van der Waals surface area contributed by atoms with Gasteiger partial charge < -0.3 is 19.9 Å². The van der Waals surface area contributed by atoms with Gasteiger partial charge in [0.15, 0.2) is 11.5 Å². The molecule has 0 radical (unpaired) electrons. The van der Waals surface area contributed by atoms with Crippen molar-refractivity contribution in [3.63, 3.8) is 0 Å². The summed E-state index contributed by atoms with van der Waals surface area (Å²) in [5.74, 6) is -3.40. The quantitative estimate of drug-likeness (QED) is 0.570. The standard InChI is InChI=1S/C12H12F2N2O7/c1-5(11(18)19)15-10(17)6-3-8(22-2)9(23-12(13)14)4-7(6)16(20)21/h3-5,12H,1-2H3,(H,15,17)(H,18,19). The van der Waals surface area contributed by atoms with Gasteiger partial charge in [0.05, 0.1) is 18.1 Å². The molecule has 1 rings (SSSR count). The van der Waals surface area contributed by atoms with E-state index in [9.17, 15) is 28.5 Å². The van der Waals surface area contributed by atoms with Crippen molar-refractivity contribution in [1.29, 1.82) is 0 Å². The van der Waals surface area contributed by atoms with Gasteiger partial charge >= 0.3 is 12.6 Å². The lowest BCUT2D eigenvalue weighted by Crippen LogP contribution is -2.38. The van der Waals surface area contributed by atoms with Crippen LogP contribution in [0.4, 0.5) is 14.5 Å². The van der Waals surface area contributed by atoms with E-state index in [2.05, 4.69) is 4.74 Å². The van der Waals surface area contributed by atoms with Gasteiger partial charge in [0.2, 0.25) is 0 Å². The molecule has 1 atom stereocenters. The number of benzene rings is 1. The molecule has 1 aromatic rings. The highest BCUT2D eigenvalue weighted by Gasteiger charge is 2.27. The minimum Gasteiger partial charge on any atom is -0.493 e. The van der Waals surface area contributed by atoms with Crippen LogP contribution in [0.3, 0.4) is 0 Å². The van der Waals surface area contributed by atoms with E-state index in [4.69, 9.17) is 9.84 Å². The Labute approximate surface area is 127 Å². The minimum absolute atomic E-state index is 0.343. The zero-order chi connectivity index (χ0) is 17.7. The first-order valence-corrected chi connectivity index (χ1v) is 6.02. The lowest BCUT2D eigenvalue weighted by atomic mass is 10.1. The maximum atomic E-state index is 12.3. The second kappa shape index (κ2) is 7.33. The van der Waals surface area contributed by atoms with Crippen LogP contribution in [0.1, 0.15) is 17.3 Å². The largest absolute Gasteiger partial charge is 0.493 e. The molecule has 0 aliphatic carbocycles. The molecule has 0 aliphatic rings. The van der Waals surface area contributed by atoms with E-state index >= 15 is 0 Å². The van der Waals surface area contributed by atoms with Gasteiger partial charge in [0.25, 0.3) is 11.6 Å². The molecule has 0 spiro atoms. The van der Waals surface area contributed by atoms with Crippen molar-refractivity contribution in [2.75, 3.05) is 7.11 Å². The Morgan fingerprint density at radius 3 is 2.39 bits per heavy atom. The van der Waals surface area contributed by atoms with Gasteiger partial charge in [-0.3, -0.25) is 19.7 Å². The number of methoxy groups -OCH3 is 1. The molecule has 23 heavy (non-hydrogen) atoms. The number of nitrogens with one attached hydrogen (secondary N) is 1. The first kappa shape index (κ1) is 18.1. The highest BCUT2D eigenvalue weighted by atomic mass is 19.3. The maximum Gasteiger partial charge on any atom is 0.387 e. The summed E-state index contributed by atoms with van der Waals surface area (Å²) < 4.78 is 33.4. The summed E-state index contributed by atoms with van der Waals surface area (Å²) in [4.78, 5) is 32.7. The van der Waals surface area contributed by atoms with E-state index in [0.717, 1.165) is 20.1 Å². The fourth-order valence-corrected chi connectivity index (χ4v) is 1.57. The summed E-state index contributed by atoms with van der Waals surface area (Å²) in [6.07, 6.45) is 0. The third kappa shape index (κ3) is 4.49. The Balaban J connectivity index is 3.32. The Bertz CT molecular complexity index is 636. The van der Waals surface area contributed by atoms with Crippen molar-refractivity contribution in [3.05, 3.63) is 27.8 Å². The van der Waals surface area contributed by atoms with Crippen molar-refractivity contribution < 1.29 is 37.9 Å². The number of carbonyl (C=O) groups is 2. The van der Waals surface area contributed by atoms with Crippen molar-refractivity contribution in [2.24, 2.45) is 0 Å². The second-order valence-corrected chi connectivity index (χ2v) is 4.19. The number of hydrogen-bond acceptors (Lipinski definition) is 6. The lowest BCUT2D eigenvalue weighted by Gasteiger charge is -2.13. The molecule has 126 valence electrons. The summed E-state index contributed by atoms with van der Waals surface area (Å²) in [6.45, 7) is -2.10. The Morgan fingerprint density at radius 2 is 1.96 bits per heavy atom. The van der Waals surface area contributed by atoms with Crippen LogP contribution in [-0.2, 0) is 4.79 Å². The molecular formula is C12H12F2N2O7. The van der Waals surface area contributed by atoms with E-state index in [0.29, 0.717) is 6.07 Å². The van der Waals surface area contributed by atoms with E-state index in [1.807, 2.05) is 5.32 Å². The molecule has 1 aromatic carbocycles. The van der Waals surface area contributed by atoms with Crippen LogP contribution in [0.5, 0.6) is 11.5 Å². The summed E-state index contributed by atoms with van der Waals surface area (Å²) in [7, 11) is 1.08. The van der Waals surface area contributed by atoms with Crippen molar-refractivity contribution in [1.82, 2.24) is 5.32 Å². The first-order chi connectivity index (χ1) is 10.7. The fraction of sp³-hybridized carbons (Fsp3) is 0.333. The molecule has 0 bridgehead atoms. The molecule has 1 amide bonds. The monoisotopic (exact) mass is 334 g/mol. The van der Waals surface area contributed by atoms with Crippen LogP contribution in [0, 0.1) is 10.1 Å². The van der Waals surface area contributed by atoms with Gasteiger partial charge in [0, 0.05) is 6.07 Å². The number of carboxylic acids is 1. The number of carboxylic acid groups (broad SMARTS) is 1. The smallest absolute Gasteiger partial charge is 0.387 e. The number of amides is 1. The molecular weight excluding hydrogens is 322 g/mol. The third-order valence-electron chi connectivity index (χ3n) is 2.66. The zero-order valence-electron chi connectivity index (χ0n) is 11.9. The number of nitro groups is 1. The second-order valence-electron chi connectivity index (χ2n) is 4.19. The Kier molecular flexibility index (Phi) is 5.76. The molecule has 0 aliphatic heterocycles. The Hall–Kier alpha value is -2.98. The van der Waals surface area contributed by atoms with Gasteiger partial charge in [-0.15, -0.1) is 0 Å². The van der Waals surface area contributed by atoms with Crippen molar-refractivity contribution >= 4 is 17.6 Å². The lowest BCUT2D eigenvalue weighted by molar-refractivity contribution is -0.385. The summed E-state index contributed by atoms with van der Waals surface area (Å²) in [6, 6.07) is 0.107. The summed E-state index contributed by atoms with van der Waals surface area (Å²) in [5, 5.41) is 21.7. The van der Waals surface area contributed by atoms with Gasteiger partial charge in [-0.2, -0.15) is 8.78 Å². The predicted octanol–water partition coefficient (Wildman–Crippen LogP) is 1.41. The number of nitrogens with zero attached hydrogens (tertiary/aromatic N) is 1. The molecule has 0 saturated heterocycles. The van der Waals surface area contributed by atoms with E-state index in [-0.39, 0.29) is 5.75 Å². The maximum absolute atomic E-state index is 12.3. The zero-order valence-corrected chi connectivity index (χ0v) is 11.9. The van der Waals surface area contributed by atoms with Gasteiger partial charge in [-0.1, -0.05) is 0 Å². The number of carbonyl (C=O) groups excluding carboxylic acids is 1. The number of halogens is 2. The molecule has 0 saturated carbocycles. The number of nitro benzene ring substituents is 1. The average molecular weight is 334 g/mol. The number of hydrogen-bond donors (Lipinski definition) is 2. The number of ether oxygens (including phenoxy) is 2. The molecule has 0 fully saturated rings. The molecule has 1 unspecified atom stereocenters. The minimum atomic E-state index is -3.25. The van der Waals surface area contributed by atoms with Crippen LogP contribution in [0.2, 0.25) is 0 Å². The molecule has 11 heteroatoms. The summed E-state index contributed by atoms with van der Waals surface area (Å²) in [5.41, 5.74) is -1.39. The predicted molar refractivity (Wildman–Crippen MR) is 70.8 cm³/mol.